The Balaban J connectivity index is 1.87. The van der Waals surface area contributed by atoms with E-state index in [1.54, 1.807) is 24.3 Å². The Morgan fingerprint density at radius 1 is 1.16 bits per heavy atom. The lowest BCUT2D eigenvalue weighted by atomic mass is 10.1. The van der Waals surface area contributed by atoms with Crippen molar-refractivity contribution in [3.8, 4) is 0 Å². The molecule has 0 heterocycles. The lowest BCUT2D eigenvalue weighted by molar-refractivity contribution is 0.0986. The molecule has 0 saturated heterocycles. The monoisotopic (exact) mass is 274 g/mol. The van der Waals surface area contributed by atoms with Gasteiger partial charge in [0.1, 0.15) is 0 Å². The topological polar surface area (TPSA) is 55.1 Å². The number of ketones is 1. The second-order valence-electron chi connectivity index (χ2n) is 4.24. The van der Waals surface area contributed by atoms with Gasteiger partial charge >= 0.3 is 0 Å². The van der Waals surface area contributed by atoms with Crippen molar-refractivity contribution in [1.29, 1.82) is 0 Å². The molecule has 4 heteroatoms. The molecule has 0 aromatic heterocycles. The SMILES string of the molecule is Nc1cccc(C(=O)CCNc2cccc(Cl)c2)c1. The van der Waals surface area contributed by atoms with E-state index < -0.39 is 0 Å². The Hall–Kier alpha value is -2.00. The number of halogens is 1. The van der Waals surface area contributed by atoms with Crippen LogP contribution in [0.2, 0.25) is 5.02 Å². The maximum atomic E-state index is 11.9. The van der Waals surface area contributed by atoms with Crippen LogP contribution in [-0.4, -0.2) is 12.3 Å². The first-order chi connectivity index (χ1) is 9.15. The van der Waals surface area contributed by atoms with E-state index in [0.29, 0.717) is 29.2 Å². The molecule has 0 bridgehead atoms. The van der Waals surface area contributed by atoms with Crippen molar-refractivity contribution in [1.82, 2.24) is 0 Å². The fourth-order valence-corrected chi connectivity index (χ4v) is 1.97. The molecular formula is C15H15ClN2O. The van der Waals surface area contributed by atoms with E-state index >= 15 is 0 Å². The van der Waals surface area contributed by atoms with Crippen LogP contribution in [-0.2, 0) is 0 Å². The highest BCUT2D eigenvalue weighted by Crippen LogP contribution is 2.15. The van der Waals surface area contributed by atoms with E-state index in [9.17, 15) is 4.79 Å². The number of carbonyl (C=O) groups excluding carboxylic acids is 1. The van der Waals surface area contributed by atoms with Crippen molar-refractivity contribution in [3.05, 3.63) is 59.1 Å². The molecule has 19 heavy (non-hydrogen) atoms. The van der Waals surface area contributed by atoms with Gasteiger partial charge in [0, 0.05) is 34.9 Å². The molecule has 2 rings (SSSR count). The van der Waals surface area contributed by atoms with Gasteiger partial charge in [-0.25, -0.2) is 0 Å². The van der Waals surface area contributed by atoms with Crippen LogP contribution < -0.4 is 11.1 Å². The van der Waals surface area contributed by atoms with E-state index in [2.05, 4.69) is 5.32 Å². The van der Waals surface area contributed by atoms with Gasteiger partial charge in [0.05, 0.1) is 0 Å². The predicted molar refractivity (Wildman–Crippen MR) is 79.7 cm³/mol. The largest absolute Gasteiger partial charge is 0.399 e. The fraction of sp³-hybridized carbons (Fsp3) is 0.133. The summed E-state index contributed by atoms with van der Waals surface area (Å²) in [5, 5.41) is 3.84. The van der Waals surface area contributed by atoms with Gasteiger partial charge in [0.15, 0.2) is 5.78 Å². The Kier molecular flexibility index (Phi) is 4.42. The molecule has 0 radical (unpaired) electrons. The second-order valence-corrected chi connectivity index (χ2v) is 4.67. The van der Waals surface area contributed by atoms with Crippen LogP contribution in [0, 0.1) is 0 Å². The number of benzene rings is 2. The third kappa shape index (κ3) is 4.00. The molecule has 0 fully saturated rings. The fourth-order valence-electron chi connectivity index (χ4n) is 1.78. The number of carbonyl (C=O) groups is 1. The van der Waals surface area contributed by atoms with E-state index in [1.807, 2.05) is 24.3 Å². The van der Waals surface area contributed by atoms with Gasteiger partial charge in [-0.15, -0.1) is 0 Å². The minimum Gasteiger partial charge on any atom is -0.399 e. The van der Waals surface area contributed by atoms with Crippen LogP contribution in [0.4, 0.5) is 11.4 Å². The van der Waals surface area contributed by atoms with Crippen LogP contribution in [0.1, 0.15) is 16.8 Å². The smallest absolute Gasteiger partial charge is 0.164 e. The number of rotatable bonds is 5. The van der Waals surface area contributed by atoms with Crippen molar-refractivity contribution >= 4 is 28.8 Å². The number of anilines is 2. The van der Waals surface area contributed by atoms with Crippen LogP contribution in [0.5, 0.6) is 0 Å². The highest BCUT2D eigenvalue weighted by Gasteiger charge is 2.05. The summed E-state index contributed by atoms with van der Waals surface area (Å²) in [6.07, 6.45) is 0.413. The standard InChI is InChI=1S/C15H15ClN2O/c16-12-4-2-6-14(10-12)18-8-7-15(19)11-3-1-5-13(17)9-11/h1-6,9-10,18H,7-8,17H2. The number of nitrogens with one attached hydrogen (secondary N) is 1. The molecule has 2 aromatic carbocycles. The Morgan fingerprint density at radius 3 is 2.68 bits per heavy atom. The minimum atomic E-state index is 0.0711. The average molecular weight is 275 g/mol. The van der Waals surface area contributed by atoms with E-state index in [0.717, 1.165) is 5.69 Å². The van der Waals surface area contributed by atoms with Crippen LogP contribution >= 0.6 is 11.6 Å². The summed E-state index contributed by atoms with van der Waals surface area (Å²) >= 11 is 5.88. The lowest BCUT2D eigenvalue weighted by Gasteiger charge is -2.06. The van der Waals surface area contributed by atoms with E-state index in [-0.39, 0.29) is 5.78 Å². The van der Waals surface area contributed by atoms with Crippen molar-refractivity contribution in [3.63, 3.8) is 0 Å². The molecule has 2 aromatic rings. The van der Waals surface area contributed by atoms with Crippen molar-refractivity contribution in [2.75, 3.05) is 17.6 Å². The Labute approximate surface area is 117 Å². The normalized spacial score (nSPS) is 10.2. The third-order valence-electron chi connectivity index (χ3n) is 2.71. The minimum absolute atomic E-state index is 0.0711. The zero-order valence-corrected chi connectivity index (χ0v) is 11.2. The molecule has 0 atom stereocenters. The molecule has 0 saturated carbocycles. The summed E-state index contributed by atoms with van der Waals surface area (Å²) in [5.41, 5.74) is 7.81. The van der Waals surface area contributed by atoms with Crippen LogP contribution in [0.25, 0.3) is 0 Å². The zero-order chi connectivity index (χ0) is 13.7. The van der Waals surface area contributed by atoms with Gasteiger partial charge in [0.25, 0.3) is 0 Å². The second kappa shape index (κ2) is 6.25. The van der Waals surface area contributed by atoms with Crippen molar-refractivity contribution in [2.24, 2.45) is 0 Å². The molecule has 3 N–H and O–H groups in total. The average Bonchev–Trinajstić information content (AvgIpc) is 2.38. The van der Waals surface area contributed by atoms with Crippen molar-refractivity contribution < 1.29 is 4.79 Å². The molecule has 0 aliphatic rings. The van der Waals surface area contributed by atoms with Crippen LogP contribution in [0.3, 0.4) is 0 Å². The Morgan fingerprint density at radius 2 is 1.95 bits per heavy atom. The highest BCUT2D eigenvalue weighted by atomic mass is 35.5. The van der Waals surface area contributed by atoms with Crippen molar-refractivity contribution in [2.45, 2.75) is 6.42 Å². The van der Waals surface area contributed by atoms with Gasteiger partial charge < -0.3 is 11.1 Å². The summed E-state index contributed by atoms with van der Waals surface area (Å²) in [5.74, 6) is 0.0711. The molecule has 0 spiro atoms. The summed E-state index contributed by atoms with van der Waals surface area (Å²) in [4.78, 5) is 11.9. The first kappa shape index (κ1) is 13.4. The summed E-state index contributed by atoms with van der Waals surface area (Å²) < 4.78 is 0. The van der Waals surface area contributed by atoms with Crippen LogP contribution in [0.15, 0.2) is 48.5 Å². The molecule has 98 valence electrons. The predicted octanol–water partition coefficient (Wildman–Crippen LogP) is 3.61. The Bertz CT molecular complexity index is 584. The number of hydrogen-bond acceptors (Lipinski definition) is 3. The molecule has 3 nitrogen and oxygen atoms in total. The molecule has 0 unspecified atom stereocenters. The van der Waals surface area contributed by atoms with Gasteiger partial charge in [0.2, 0.25) is 0 Å². The van der Waals surface area contributed by atoms with Gasteiger partial charge in [-0.3, -0.25) is 4.79 Å². The van der Waals surface area contributed by atoms with Gasteiger partial charge in [-0.1, -0.05) is 29.8 Å². The highest BCUT2D eigenvalue weighted by molar-refractivity contribution is 6.30. The quantitative estimate of drug-likeness (QED) is 0.647. The van der Waals surface area contributed by atoms with Gasteiger partial charge in [-0.2, -0.15) is 0 Å². The lowest BCUT2D eigenvalue weighted by Crippen LogP contribution is -2.09. The summed E-state index contributed by atoms with van der Waals surface area (Å²) in [7, 11) is 0. The zero-order valence-electron chi connectivity index (χ0n) is 10.4. The van der Waals surface area contributed by atoms with E-state index in [4.69, 9.17) is 17.3 Å². The summed E-state index contributed by atoms with van der Waals surface area (Å²) in [6.45, 7) is 0.563. The third-order valence-corrected chi connectivity index (χ3v) is 2.95. The maximum absolute atomic E-state index is 11.9. The molecule has 0 amide bonds. The summed E-state index contributed by atoms with van der Waals surface area (Å²) in [6, 6.07) is 14.4. The first-order valence-electron chi connectivity index (χ1n) is 6.03. The number of nitrogen functional groups attached to an aromatic ring is 1. The molecule has 0 aliphatic carbocycles. The number of hydrogen-bond donors (Lipinski definition) is 2. The van der Waals surface area contributed by atoms with E-state index in [1.165, 1.54) is 0 Å². The first-order valence-corrected chi connectivity index (χ1v) is 6.41. The number of Topliss-reactive ketones (excluding diaryl/α,β-unsaturated/α-hetero) is 1. The van der Waals surface area contributed by atoms with Gasteiger partial charge in [-0.05, 0) is 30.3 Å². The maximum Gasteiger partial charge on any atom is 0.164 e. The number of nitrogens with two attached hydrogens (primary N) is 1. The molecular weight excluding hydrogens is 260 g/mol. The molecule has 0 aliphatic heterocycles.